The molecule has 2 rings (SSSR count). The van der Waals surface area contributed by atoms with Crippen molar-refractivity contribution in [1.82, 2.24) is 0 Å². The molecular formula is C18H23NOS. The lowest BCUT2D eigenvalue weighted by atomic mass is 9.83. The van der Waals surface area contributed by atoms with Gasteiger partial charge in [-0.2, -0.15) is 0 Å². The van der Waals surface area contributed by atoms with Crippen LogP contribution in [0.1, 0.15) is 37.6 Å². The Morgan fingerprint density at radius 2 is 1.90 bits per heavy atom. The number of hydrogen-bond donors (Lipinski definition) is 0. The Morgan fingerprint density at radius 3 is 2.52 bits per heavy atom. The van der Waals surface area contributed by atoms with Crippen molar-refractivity contribution in [2.24, 2.45) is 5.16 Å². The van der Waals surface area contributed by atoms with Gasteiger partial charge < -0.3 is 4.84 Å². The van der Waals surface area contributed by atoms with Gasteiger partial charge in [-0.3, -0.25) is 0 Å². The molecule has 2 aromatic rings. The molecule has 0 aliphatic carbocycles. The van der Waals surface area contributed by atoms with E-state index in [0.29, 0.717) is 6.61 Å². The number of hydrogen-bond acceptors (Lipinski definition) is 3. The third kappa shape index (κ3) is 4.71. The summed E-state index contributed by atoms with van der Waals surface area (Å²) >= 11 is 1.80. The van der Waals surface area contributed by atoms with Gasteiger partial charge in [0.05, 0.1) is 5.71 Å². The van der Waals surface area contributed by atoms with Crippen LogP contribution in [0.15, 0.2) is 53.0 Å². The van der Waals surface area contributed by atoms with E-state index in [9.17, 15) is 0 Å². The maximum Gasteiger partial charge on any atom is 0.127 e. The van der Waals surface area contributed by atoms with E-state index >= 15 is 0 Å². The van der Waals surface area contributed by atoms with E-state index in [0.717, 1.165) is 18.6 Å². The highest BCUT2D eigenvalue weighted by Crippen LogP contribution is 2.33. The van der Waals surface area contributed by atoms with Crippen molar-refractivity contribution in [3.8, 4) is 0 Å². The van der Waals surface area contributed by atoms with Gasteiger partial charge in [0.15, 0.2) is 0 Å². The van der Waals surface area contributed by atoms with Gasteiger partial charge >= 0.3 is 0 Å². The zero-order valence-corrected chi connectivity index (χ0v) is 13.8. The first kappa shape index (κ1) is 15.8. The minimum Gasteiger partial charge on any atom is -0.395 e. The first-order chi connectivity index (χ1) is 10.1. The largest absolute Gasteiger partial charge is 0.395 e. The molecule has 0 bridgehead atoms. The van der Waals surface area contributed by atoms with Crippen molar-refractivity contribution in [1.29, 1.82) is 0 Å². The molecule has 0 spiro atoms. The molecule has 0 fully saturated rings. The molecule has 3 heteroatoms. The van der Waals surface area contributed by atoms with Crippen molar-refractivity contribution >= 4 is 17.0 Å². The summed E-state index contributed by atoms with van der Waals surface area (Å²) in [6.45, 7) is 6.78. The molecule has 0 saturated carbocycles. The average molecular weight is 301 g/mol. The Labute approximate surface area is 131 Å². The second kappa shape index (κ2) is 7.41. The normalized spacial score (nSPS) is 13.5. The molecule has 1 heterocycles. The number of aryl methyl sites for hydroxylation is 1. The van der Waals surface area contributed by atoms with Crippen molar-refractivity contribution in [3.63, 3.8) is 0 Å². The molecule has 0 amide bonds. The van der Waals surface area contributed by atoms with Crippen LogP contribution in [0.25, 0.3) is 0 Å². The Bertz CT molecular complexity index is 558. The van der Waals surface area contributed by atoms with Crippen LogP contribution in [0, 0.1) is 0 Å². The van der Waals surface area contributed by atoms with Crippen LogP contribution in [0.3, 0.4) is 0 Å². The van der Waals surface area contributed by atoms with Crippen LogP contribution < -0.4 is 0 Å². The predicted octanol–water partition coefficient (Wildman–Crippen LogP) is 5.05. The topological polar surface area (TPSA) is 21.6 Å². The Balaban J connectivity index is 2.07. The summed E-state index contributed by atoms with van der Waals surface area (Å²) in [5.74, 6) is 0. The molecule has 21 heavy (non-hydrogen) atoms. The van der Waals surface area contributed by atoms with Crippen molar-refractivity contribution < 1.29 is 4.84 Å². The smallest absolute Gasteiger partial charge is 0.127 e. The van der Waals surface area contributed by atoms with Crippen LogP contribution in [0.5, 0.6) is 0 Å². The second-order valence-electron chi connectivity index (χ2n) is 5.84. The molecule has 0 N–H and O–H groups in total. The fourth-order valence-corrected chi connectivity index (χ4v) is 3.16. The molecule has 0 aliphatic heterocycles. The summed E-state index contributed by atoms with van der Waals surface area (Å²) in [4.78, 5) is 6.93. The lowest BCUT2D eigenvalue weighted by Crippen LogP contribution is -2.27. The van der Waals surface area contributed by atoms with Gasteiger partial charge in [-0.05, 0) is 43.7 Å². The summed E-state index contributed by atoms with van der Waals surface area (Å²) in [5.41, 5.74) is 2.32. The molecule has 0 unspecified atom stereocenters. The predicted molar refractivity (Wildman–Crippen MR) is 91.2 cm³/mol. The van der Waals surface area contributed by atoms with E-state index < -0.39 is 0 Å². The number of rotatable bonds is 7. The molecule has 112 valence electrons. The first-order valence-electron chi connectivity index (χ1n) is 7.31. The fraction of sp³-hybridized carbons (Fsp3) is 0.389. The van der Waals surface area contributed by atoms with Crippen molar-refractivity contribution in [3.05, 3.63) is 58.3 Å². The van der Waals surface area contributed by atoms with Crippen LogP contribution in [-0.2, 0) is 16.7 Å². The molecule has 0 radical (unpaired) electrons. The molecule has 1 aromatic carbocycles. The first-order valence-corrected chi connectivity index (χ1v) is 8.19. The lowest BCUT2D eigenvalue weighted by molar-refractivity contribution is 0.0925. The van der Waals surface area contributed by atoms with E-state index in [-0.39, 0.29) is 5.41 Å². The summed E-state index contributed by atoms with van der Waals surface area (Å²) in [6, 6.07) is 14.9. The van der Waals surface area contributed by atoms with E-state index in [1.54, 1.807) is 11.3 Å². The highest BCUT2D eigenvalue weighted by molar-refractivity contribution is 7.10. The van der Waals surface area contributed by atoms with Crippen molar-refractivity contribution in [2.75, 3.05) is 6.61 Å². The van der Waals surface area contributed by atoms with Gasteiger partial charge in [0.2, 0.25) is 0 Å². The van der Waals surface area contributed by atoms with Crippen LogP contribution in [-0.4, -0.2) is 12.3 Å². The van der Waals surface area contributed by atoms with Crippen molar-refractivity contribution in [2.45, 2.75) is 39.0 Å². The molecule has 2 nitrogen and oxygen atoms in total. The summed E-state index contributed by atoms with van der Waals surface area (Å²) in [5, 5.41) is 6.23. The van der Waals surface area contributed by atoms with Crippen LogP contribution >= 0.6 is 11.3 Å². The highest BCUT2D eigenvalue weighted by atomic mass is 32.1. The van der Waals surface area contributed by atoms with Gasteiger partial charge in [-0.1, -0.05) is 48.5 Å². The Morgan fingerprint density at radius 1 is 1.14 bits per heavy atom. The monoisotopic (exact) mass is 301 g/mol. The van der Waals surface area contributed by atoms with Crippen LogP contribution in [0.4, 0.5) is 0 Å². The standard InChI is InChI=1S/C18H23NOS/c1-15(2)19-20-14-18(3,17-10-7-13-21-17)12-11-16-8-5-4-6-9-16/h4-10,13H,11-12,14H2,1-3H3/t18-/m0/s1. The Kier molecular flexibility index (Phi) is 5.57. The highest BCUT2D eigenvalue weighted by Gasteiger charge is 2.28. The molecule has 0 aliphatic rings. The Hall–Kier alpha value is -1.61. The van der Waals surface area contributed by atoms with E-state index in [1.165, 1.54) is 10.4 Å². The minimum absolute atomic E-state index is 0.00293. The van der Waals surface area contributed by atoms with Gasteiger partial charge in [0.1, 0.15) is 6.61 Å². The third-order valence-corrected chi connectivity index (χ3v) is 4.73. The minimum atomic E-state index is 0.00293. The SMILES string of the molecule is CC(C)=NOC[C@](C)(CCc1ccccc1)c1cccs1. The molecular weight excluding hydrogens is 278 g/mol. The number of oxime groups is 1. The summed E-state index contributed by atoms with van der Waals surface area (Å²) in [7, 11) is 0. The fourth-order valence-electron chi connectivity index (χ4n) is 2.26. The average Bonchev–Trinajstić information content (AvgIpc) is 3.01. The van der Waals surface area contributed by atoms with Gasteiger partial charge in [-0.15, -0.1) is 11.3 Å². The summed E-state index contributed by atoms with van der Waals surface area (Å²) in [6.07, 6.45) is 2.10. The quantitative estimate of drug-likeness (QED) is 0.518. The summed E-state index contributed by atoms with van der Waals surface area (Å²) < 4.78 is 0. The number of benzene rings is 1. The maximum absolute atomic E-state index is 5.57. The third-order valence-electron chi connectivity index (χ3n) is 3.55. The number of nitrogens with zero attached hydrogens (tertiary/aromatic N) is 1. The van der Waals surface area contributed by atoms with E-state index in [2.05, 4.69) is 59.9 Å². The zero-order valence-electron chi connectivity index (χ0n) is 13.0. The van der Waals surface area contributed by atoms with E-state index in [1.807, 2.05) is 13.8 Å². The zero-order chi connectivity index (χ0) is 15.1. The maximum atomic E-state index is 5.57. The molecule has 1 aromatic heterocycles. The van der Waals surface area contributed by atoms with Crippen LogP contribution in [0.2, 0.25) is 0 Å². The van der Waals surface area contributed by atoms with Gasteiger partial charge in [-0.25, -0.2) is 0 Å². The number of thiophene rings is 1. The van der Waals surface area contributed by atoms with E-state index in [4.69, 9.17) is 4.84 Å². The molecule has 1 atom stereocenters. The van der Waals surface area contributed by atoms with Gasteiger partial charge in [0.25, 0.3) is 0 Å². The van der Waals surface area contributed by atoms with Gasteiger partial charge in [0, 0.05) is 10.3 Å². The molecule has 0 saturated heterocycles. The lowest BCUT2D eigenvalue weighted by Gasteiger charge is -2.27. The second-order valence-corrected chi connectivity index (χ2v) is 6.78.